The van der Waals surface area contributed by atoms with Gasteiger partial charge in [-0.2, -0.15) is 0 Å². The van der Waals surface area contributed by atoms with Gasteiger partial charge in [-0.1, -0.05) is 28.1 Å². The van der Waals surface area contributed by atoms with Gasteiger partial charge in [0.25, 0.3) is 0 Å². The van der Waals surface area contributed by atoms with E-state index in [0.717, 1.165) is 10.0 Å². The van der Waals surface area contributed by atoms with Gasteiger partial charge in [-0.25, -0.2) is 4.79 Å². The summed E-state index contributed by atoms with van der Waals surface area (Å²) in [6.45, 7) is 0. The number of nitrogens with one attached hydrogen (secondary N) is 1. The first-order valence-corrected chi connectivity index (χ1v) is 7.16. The number of amides is 1. The van der Waals surface area contributed by atoms with Crippen LogP contribution in [0.15, 0.2) is 28.7 Å². The van der Waals surface area contributed by atoms with E-state index in [0.29, 0.717) is 0 Å². The molecule has 0 spiro atoms. The number of hydrogen-bond acceptors (Lipinski definition) is 3. The number of carbonyl (C=O) groups is 3. The second-order valence-corrected chi connectivity index (χ2v) is 5.46. The maximum atomic E-state index is 11.8. The van der Waals surface area contributed by atoms with E-state index in [1.54, 1.807) is 24.3 Å². The number of carbonyl (C=O) groups excluding carboxylic acids is 1. The largest absolute Gasteiger partial charge is 0.481 e. The first kappa shape index (κ1) is 17.2. The molecule has 1 aromatic rings. The Morgan fingerprint density at radius 3 is 2.29 bits per heavy atom. The van der Waals surface area contributed by atoms with Gasteiger partial charge in [0, 0.05) is 10.9 Å². The standard InChI is InChI=1S/C14H16BrNO5/c15-10-6-4-9(5-7-10)8-12(17)16-11(14(20)21)2-1-3-13(18)19/h4-7,11H,1-3,8H2,(H,16,17)(H,18,19)(H,20,21)/t11-/m1/s1. The molecule has 114 valence electrons. The maximum Gasteiger partial charge on any atom is 0.326 e. The average Bonchev–Trinajstić information content (AvgIpc) is 2.39. The lowest BCUT2D eigenvalue weighted by atomic mass is 10.1. The van der Waals surface area contributed by atoms with Crippen LogP contribution in [0.25, 0.3) is 0 Å². The van der Waals surface area contributed by atoms with Crippen molar-refractivity contribution in [3.05, 3.63) is 34.3 Å². The molecule has 6 nitrogen and oxygen atoms in total. The molecule has 0 bridgehead atoms. The molecule has 0 aromatic heterocycles. The molecule has 0 fully saturated rings. The Kier molecular flexibility index (Phi) is 6.87. The third-order valence-corrected chi connectivity index (χ3v) is 3.32. The molecule has 0 heterocycles. The lowest BCUT2D eigenvalue weighted by Gasteiger charge is -2.14. The predicted molar refractivity (Wildman–Crippen MR) is 78.9 cm³/mol. The van der Waals surface area contributed by atoms with Crippen molar-refractivity contribution >= 4 is 33.8 Å². The van der Waals surface area contributed by atoms with Crippen molar-refractivity contribution < 1.29 is 24.6 Å². The zero-order valence-electron chi connectivity index (χ0n) is 11.2. The SMILES string of the molecule is O=C(O)CCC[C@@H](NC(=O)Cc1ccc(Br)cc1)C(=O)O. The molecule has 0 radical (unpaired) electrons. The Hall–Kier alpha value is -1.89. The summed E-state index contributed by atoms with van der Waals surface area (Å²) in [5, 5.41) is 20.0. The van der Waals surface area contributed by atoms with Crippen LogP contribution in [0.3, 0.4) is 0 Å². The minimum absolute atomic E-state index is 0.0794. The van der Waals surface area contributed by atoms with Gasteiger partial charge in [0.05, 0.1) is 6.42 Å². The highest BCUT2D eigenvalue weighted by Crippen LogP contribution is 2.11. The zero-order valence-corrected chi connectivity index (χ0v) is 12.8. The molecule has 1 amide bonds. The van der Waals surface area contributed by atoms with Crippen LogP contribution < -0.4 is 5.32 Å². The molecule has 0 aliphatic heterocycles. The lowest BCUT2D eigenvalue weighted by molar-refractivity contribution is -0.142. The molecule has 7 heteroatoms. The van der Waals surface area contributed by atoms with Gasteiger partial charge < -0.3 is 15.5 Å². The molecule has 1 aromatic carbocycles. The zero-order chi connectivity index (χ0) is 15.8. The van der Waals surface area contributed by atoms with Crippen molar-refractivity contribution in [1.29, 1.82) is 0 Å². The van der Waals surface area contributed by atoms with Crippen LogP contribution in [0.5, 0.6) is 0 Å². The number of halogens is 1. The van der Waals surface area contributed by atoms with Crippen molar-refractivity contribution in [1.82, 2.24) is 5.32 Å². The smallest absolute Gasteiger partial charge is 0.326 e. The van der Waals surface area contributed by atoms with Gasteiger partial charge in [-0.05, 0) is 30.5 Å². The van der Waals surface area contributed by atoms with E-state index in [-0.39, 0.29) is 25.7 Å². The third kappa shape index (κ3) is 6.89. The Bertz CT molecular complexity index is 515. The Morgan fingerprint density at radius 1 is 1.14 bits per heavy atom. The number of carboxylic acid groups (broad SMARTS) is 2. The summed E-state index contributed by atoms with van der Waals surface area (Å²) in [5.74, 6) is -2.55. The van der Waals surface area contributed by atoms with Gasteiger partial charge in [-0.3, -0.25) is 9.59 Å². The van der Waals surface area contributed by atoms with Gasteiger partial charge in [0.15, 0.2) is 0 Å². The molecule has 0 saturated heterocycles. The fourth-order valence-corrected chi connectivity index (χ4v) is 2.01. The molecule has 0 saturated carbocycles. The van der Waals surface area contributed by atoms with Crippen LogP contribution in [0, 0.1) is 0 Å². The second-order valence-electron chi connectivity index (χ2n) is 4.55. The number of benzene rings is 1. The van der Waals surface area contributed by atoms with E-state index >= 15 is 0 Å². The summed E-state index contributed by atoms with van der Waals surface area (Å²) in [6, 6.07) is 6.06. The van der Waals surface area contributed by atoms with Gasteiger partial charge in [-0.15, -0.1) is 0 Å². The van der Waals surface area contributed by atoms with Crippen molar-refractivity contribution in [3.8, 4) is 0 Å². The fraction of sp³-hybridized carbons (Fsp3) is 0.357. The molecule has 0 unspecified atom stereocenters. The van der Waals surface area contributed by atoms with E-state index in [2.05, 4.69) is 21.2 Å². The highest BCUT2D eigenvalue weighted by Gasteiger charge is 2.19. The molecule has 21 heavy (non-hydrogen) atoms. The Morgan fingerprint density at radius 2 is 1.76 bits per heavy atom. The quantitative estimate of drug-likeness (QED) is 0.658. The second kappa shape index (κ2) is 8.41. The highest BCUT2D eigenvalue weighted by molar-refractivity contribution is 9.10. The number of carboxylic acids is 2. The van der Waals surface area contributed by atoms with Crippen molar-refractivity contribution in [2.75, 3.05) is 0 Å². The van der Waals surface area contributed by atoms with E-state index in [4.69, 9.17) is 10.2 Å². The minimum Gasteiger partial charge on any atom is -0.481 e. The summed E-state index contributed by atoms with van der Waals surface area (Å²) in [5.41, 5.74) is 0.769. The monoisotopic (exact) mass is 357 g/mol. The Balaban J connectivity index is 2.50. The Labute approximate surface area is 130 Å². The predicted octanol–water partition coefficient (Wildman–Crippen LogP) is 1.82. The fourth-order valence-electron chi connectivity index (χ4n) is 1.75. The van der Waals surface area contributed by atoms with Crippen molar-refractivity contribution in [3.63, 3.8) is 0 Å². The highest BCUT2D eigenvalue weighted by atomic mass is 79.9. The van der Waals surface area contributed by atoms with Crippen LogP contribution in [0.4, 0.5) is 0 Å². The van der Waals surface area contributed by atoms with Crippen LogP contribution in [0.2, 0.25) is 0 Å². The van der Waals surface area contributed by atoms with Gasteiger partial charge in [0.2, 0.25) is 5.91 Å². The molecule has 1 rings (SSSR count). The average molecular weight is 358 g/mol. The lowest BCUT2D eigenvalue weighted by Crippen LogP contribution is -2.41. The molecule has 1 atom stereocenters. The summed E-state index contributed by atoms with van der Waals surface area (Å²) >= 11 is 3.28. The van der Waals surface area contributed by atoms with E-state index < -0.39 is 23.9 Å². The van der Waals surface area contributed by atoms with E-state index in [1.165, 1.54) is 0 Å². The molecular formula is C14H16BrNO5. The van der Waals surface area contributed by atoms with Crippen molar-refractivity contribution in [2.24, 2.45) is 0 Å². The summed E-state index contributed by atoms with van der Waals surface area (Å²) in [4.78, 5) is 33.2. The topological polar surface area (TPSA) is 104 Å². The van der Waals surface area contributed by atoms with Crippen molar-refractivity contribution in [2.45, 2.75) is 31.7 Å². The van der Waals surface area contributed by atoms with Crippen LogP contribution in [-0.4, -0.2) is 34.1 Å². The number of aliphatic carboxylic acids is 2. The maximum absolute atomic E-state index is 11.8. The number of hydrogen-bond donors (Lipinski definition) is 3. The summed E-state index contributed by atoms with van der Waals surface area (Å²) in [7, 11) is 0. The molecule has 3 N–H and O–H groups in total. The van der Waals surface area contributed by atoms with Gasteiger partial charge >= 0.3 is 11.9 Å². The van der Waals surface area contributed by atoms with Crippen LogP contribution in [0.1, 0.15) is 24.8 Å². The normalized spacial score (nSPS) is 11.7. The first-order valence-electron chi connectivity index (χ1n) is 6.37. The van der Waals surface area contributed by atoms with E-state index in [1.807, 2.05) is 0 Å². The molecule has 0 aliphatic carbocycles. The third-order valence-electron chi connectivity index (χ3n) is 2.79. The van der Waals surface area contributed by atoms with E-state index in [9.17, 15) is 14.4 Å². The van der Waals surface area contributed by atoms with Gasteiger partial charge in [0.1, 0.15) is 6.04 Å². The summed E-state index contributed by atoms with van der Waals surface area (Å²) in [6.07, 6.45) is 0.251. The minimum atomic E-state index is -1.16. The first-order chi connectivity index (χ1) is 9.88. The van der Waals surface area contributed by atoms with Crippen LogP contribution in [-0.2, 0) is 20.8 Å². The van der Waals surface area contributed by atoms with Crippen LogP contribution >= 0.6 is 15.9 Å². The molecule has 0 aliphatic rings. The number of rotatable bonds is 8. The summed E-state index contributed by atoms with van der Waals surface area (Å²) < 4.78 is 0.892. The molecular weight excluding hydrogens is 342 g/mol.